The van der Waals surface area contributed by atoms with Gasteiger partial charge in [-0.3, -0.25) is 0 Å². The fraction of sp³-hybridized carbons (Fsp3) is 0.357. The molecule has 0 amide bonds. The molecule has 16 heavy (non-hydrogen) atoms. The molecule has 1 atom stereocenters. The molecule has 84 valence electrons. The summed E-state index contributed by atoms with van der Waals surface area (Å²) in [6, 6.07) is 9.85. The molecule has 0 spiro atoms. The average Bonchev–Trinajstić information content (AvgIpc) is 2.69. The lowest BCUT2D eigenvalue weighted by atomic mass is 10.1. The minimum absolute atomic E-state index is 0.151. The first-order valence-electron chi connectivity index (χ1n) is 5.78. The van der Waals surface area contributed by atoms with Gasteiger partial charge in [0.15, 0.2) is 0 Å². The van der Waals surface area contributed by atoms with Gasteiger partial charge in [-0.05, 0) is 24.5 Å². The second-order valence-electron chi connectivity index (χ2n) is 4.03. The van der Waals surface area contributed by atoms with Gasteiger partial charge in [-0.2, -0.15) is 0 Å². The highest BCUT2D eigenvalue weighted by atomic mass is 16.5. The molecule has 1 heterocycles. The number of cyclic esters (lactones) is 1. The normalized spacial score (nSPS) is 19.4. The third kappa shape index (κ3) is 2.32. The van der Waals surface area contributed by atoms with Gasteiger partial charge >= 0.3 is 5.97 Å². The third-order valence-corrected chi connectivity index (χ3v) is 2.78. The Kier molecular flexibility index (Phi) is 3.40. The molecule has 0 aromatic heterocycles. The molecule has 0 N–H and O–H groups in total. The monoisotopic (exact) mass is 216 g/mol. The van der Waals surface area contributed by atoms with Gasteiger partial charge in [-0.15, -0.1) is 0 Å². The maximum atomic E-state index is 11.6. The van der Waals surface area contributed by atoms with Gasteiger partial charge in [0.05, 0.1) is 0 Å². The summed E-state index contributed by atoms with van der Waals surface area (Å²) < 4.78 is 5.33. The first kappa shape index (κ1) is 10.9. The number of benzene rings is 1. The van der Waals surface area contributed by atoms with Crippen LogP contribution in [0.5, 0.6) is 0 Å². The maximum absolute atomic E-state index is 11.6. The molecule has 2 rings (SSSR count). The highest BCUT2D eigenvalue weighted by molar-refractivity contribution is 5.91. The van der Waals surface area contributed by atoms with Gasteiger partial charge in [0.1, 0.15) is 6.10 Å². The Morgan fingerprint density at radius 2 is 2.00 bits per heavy atom. The summed E-state index contributed by atoms with van der Waals surface area (Å²) >= 11 is 0. The van der Waals surface area contributed by atoms with Crippen LogP contribution in [-0.2, 0) is 9.53 Å². The zero-order valence-electron chi connectivity index (χ0n) is 9.48. The van der Waals surface area contributed by atoms with Crippen LogP contribution in [-0.4, -0.2) is 5.97 Å². The molecule has 2 nitrogen and oxygen atoms in total. The smallest absolute Gasteiger partial charge is 0.334 e. The number of hydrogen-bond acceptors (Lipinski definition) is 2. The quantitative estimate of drug-likeness (QED) is 0.721. The fourth-order valence-corrected chi connectivity index (χ4v) is 1.84. The van der Waals surface area contributed by atoms with Gasteiger partial charge in [0.2, 0.25) is 0 Å². The first-order chi connectivity index (χ1) is 7.81. The van der Waals surface area contributed by atoms with E-state index < -0.39 is 0 Å². The van der Waals surface area contributed by atoms with Crippen molar-refractivity contribution in [1.29, 1.82) is 0 Å². The van der Waals surface area contributed by atoms with Gasteiger partial charge in [-0.25, -0.2) is 4.79 Å². The Morgan fingerprint density at radius 1 is 1.25 bits per heavy atom. The number of hydrogen-bond donors (Lipinski definition) is 0. The second kappa shape index (κ2) is 4.97. The van der Waals surface area contributed by atoms with Crippen molar-refractivity contribution in [3.8, 4) is 0 Å². The molecule has 0 radical (unpaired) electrons. The lowest BCUT2D eigenvalue weighted by Gasteiger charge is -2.07. The zero-order chi connectivity index (χ0) is 11.4. The fourth-order valence-electron chi connectivity index (χ4n) is 1.84. The summed E-state index contributed by atoms with van der Waals surface area (Å²) in [4.78, 5) is 11.6. The van der Waals surface area contributed by atoms with Crippen LogP contribution in [0.15, 0.2) is 42.0 Å². The predicted molar refractivity (Wildman–Crippen MR) is 62.9 cm³/mol. The van der Waals surface area contributed by atoms with E-state index in [1.54, 1.807) is 0 Å². The molecule has 1 aromatic rings. The van der Waals surface area contributed by atoms with Crippen molar-refractivity contribution in [1.82, 2.24) is 0 Å². The molecule has 1 unspecified atom stereocenters. The minimum atomic E-state index is -0.180. The largest absolute Gasteiger partial charge is 0.450 e. The summed E-state index contributed by atoms with van der Waals surface area (Å²) in [6.07, 6.45) is 4.75. The van der Waals surface area contributed by atoms with E-state index in [0.717, 1.165) is 30.4 Å². The summed E-state index contributed by atoms with van der Waals surface area (Å²) in [7, 11) is 0. The van der Waals surface area contributed by atoms with Crippen LogP contribution >= 0.6 is 0 Å². The first-order valence-corrected chi connectivity index (χ1v) is 5.78. The van der Waals surface area contributed by atoms with E-state index in [1.807, 2.05) is 36.4 Å². The number of carbonyl (C=O) groups excluding carboxylic acids is 1. The second-order valence-corrected chi connectivity index (χ2v) is 4.03. The summed E-state index contributed by atoms with van der Waals surface area (Å²) in [5.41, 5.74) is 1.87. The number of unbranched alkanes of at least 4 members (excludes halogenated alkanes) is 1. The van der Waals surface area contributed by atoms with Crippen molar-refractivity contribution >= 4 is 5.97 Å². The predicted octanol–water partition coefficient (Wildman–Crippen LogP) is 3.40. The van der Waals surface area contributed by atoms with Crippen molar-refractivity contribution in [2.24, 2.45) is 0 Å². The molecule has 1 aromatic carbocycles. The molecular formula is C14H16O2. The molecular weight excluding hydrogens is 200 g/mol. The summed E-state index contributed by atoms with van der Waals surface area (Å²) in [5.74, 6) is -0.151. The maximum Gasteiger partial charge on any atom is 0.334 e. The Labute approximate surface area is 95.9 Å². The number of carbonyl (C=O) groups is 1. The van der Waals surface area contributed by atoms with Crippen LogP contribution in [0.2, 0.25) is 0 Å². The highest BCUT2D eigenvalue weighted by Gasteiger charge is 2.25. The van der Waals surface area contributed by atoms with Gasteiger partial charge in [0.25, 0.3) is 0 Å². The van der Waals surface area contributed by atoms with Gasteiger partial charge in [0, 0.05) is 5.57 Å². The van der Waals surface area contributed by atoms with Crippen molar-refractivity contribution in [2.45, 2.75) is 32.3 Å². The van der Waals surface area contributed by atoms with Crippen molar-refractivity contribution < 1.29 is 9.53 Å². The lowest BCUT2D eigenvalue weighted by molar-refractivity contribution is -0.140. The highest BCUT2D eigenvalue weighted by Crippen LogP contribution is 2.29. The topological polar surface area (TPSA) is 26.3 Å². The van der Waals surface area contributed by atoms with E-state index in [-0.39, 0.29) is 12.1 Å². The van der Waals surface area contributed by atoms with E-state index in [1.165, 1.54) is 0 Å². The van der Waals surface area contributed by atoms with Crippen LogP contribution in [0, 0.1) is 0 Å². The Hall–Kier alpha value is -1.57. The molecule has 0 saturated heterocycles. The summed E-state index contributed by atoms with van der Waals surface area (Å²) in [5, 5.41) is 0. The van der Waals surface area contributed by atoms with Crippen molar-refractivity contribution in [3.05, 3.63) is 47.5 Å². The molecule has 0 bridgehead atoms. The average molecular weight is 216 g/mol. The number of rotatable bonds is 4. The van der Waals surface area contributed by atoms with E-state index in [9.17, 15) is 4.79 Å². The Bertz CT molecular complexity index is 392. The number of ether oxygens (including phenoxy) is 1. The van der Waals surface area contributed by atoms with Crippen LogP contribution in [0.4, 0.5) is 0 Å². The number of esters is 1. The molecule has 0 saturated carbocycles. The minimum Gasteiger partial charge on any atom is -0.450 e. The zero-order valence-corrected chi connectivity index (χ0v) is 9.48. The standard InChI is InChI=1S/C14H16O2/c1-2-3-7-12-10-13(16-14(12)15)11-8-5-4-6-9-11/h4-6,8-10,13H,2-3,7H2,1H3. The molecule has 2 heteroatoms. The Morgan fingerprint density at radius 3 is 2.69 bits per heavy atom. The SMILES string of the molecule is CCCCC1=CC(c2ccccc2)OC1=O. The van der Waals surface area contributed by atoms with Crippen molar-refractivity contribution in [2.75, 3.05) is 0 Å². The van der Waals surface area contributed by atoms with Crippen LogP contribution in [0.3, 0.4) is 0 Å². The lowest BCUT2D eigenvalue weighted by Crippen LogP contribution is -2.02. The van der Waals surface area contributed by atoms with E-state index in [2.05, 4.69) is 6.92 Å². The van der Waals surface area contributed by atoms with E-state index >= 15 is 0 Å². The van der Waals surface area contributed by atoms with Gasteiger partial charge in [-0.1, -0.05) is 43.7 Å². The van der Waals surface area contributed by atoms with Crippen LogP contribution in [0.1, 0.15) is 37.9 Å². The van der Waals surface area contributed by atoms with E-state index in [4.69, 9.17) is 4.74 Å². The molecule has 1 aliphatic heterocycles. The molecule has 0 fully saturated rings. The molecule has 1 aliphatic rings. The third-order valence-electron chi connectivity index (χ3n) is 2.78. The van der Waals surface area contributed by atoms with Crippen LogP contribution < -0.4 is 0 Å². The summed E-state index contributed by atoms with van der Waals surface area (Å²) in [6.45, 7) is 2.12. The Balaban J connectivity index is 2.10. The van der Waals surface area contributed by atoms with Crippen molar-refractivity contribution in [3.63, 3.8) is 0 Å². The van der Waals surface area contributed by atoms with Gasteiger partial charge < -0.3 is 4.74 Å². The van der Waals surface area contributed by atoms with E-state index in [0.29, 0.717) is 0 Å². The molecule has 0 aliphatic carbocycles. The van der Waals surface area contributed by atoms with Crippen LogP contribution in [0.25, 0.3) is 0 Å².